The number of oxime groups is 1. The van der Waals surface area contributed by atoms with Crippen molar-refractivity contribution in [3.8, 4) is 0 Å². The van der Waals surface area contributed by atoms with Gasteiger partial charge < -0.3 is 10.3 Å². The molecule has 0 aliphatic heterocycles. The van der Waals surface area contributed by atoms with E-state index in [1.165, 1.54) is 0 Å². The molecule has 74 valence electrons. The molecule has 1 aliphatic carbocycles. The van der Waals surface area contributed by atoms with Crippen molar-refractivity contribution in [2.24, 2.45) is 17.0 Å². The molecular weight excluding hydrogens is 166 g/mol. The summed E-state index contributed by atoms with van der Waals surface area (Å²) in [6.07, 6.45) is 1.86. The van der Waals surface area contributed by atoms with Gasteiger partial charge in [0.05, 0.1) is 0 Å². The molecule has 0 aromatic rings. The van der Waals surface area contributed by atoms with Crippen molar-refractivity contribution in [2.75, 3.05) is 0 Å². The van der Waals surface area contributed by atoms with E-state index < -0.39 is 0 Å². The molecule has 0 heterocycles. The summed E-state index contributed by atoms with van der Waals surface area (Å²) in [6, 6.07) is 0. The van der Waals surface area contributed by atoms with E-state index in [1.54, 1.807) is 0 Å². The lowest BCUT2D eigenvalue weighted by Crippen LogP contribution is -2.26. The molecule has 13 heavy (non-hydrogen) atoms. The normalized spacial score (nSPS) is 27.4. The Kier molecular flexibility index (Phi) is 2.96. The average Bonchev–Trinajstić information content (AvgIpc) is 2.09. The molecule has 0 radical (unpaired) electrons. The summed E-state index contributed by atoms with van der Waals surface area (Å²) < 4.78 is 0. The third-order valence-corrected chi connectivity index (χ3v) is 2.74. The zero-order chi connectivity index (χ0) is 10.0. The second-order valence-corrected chi connectivity index (χ2v) is 4.00. The van der Waals surface area contributed by atoms with Crippen LogP contribution < -0.4 is 0 Å². The summed E-state index contributed by atoms with van der Waals surface area (Å²) in [5.74, 6) is 0.780. The first-order valence-electron chi connectivity index (χ1n) is 4.69. The maximum atomic E-state index is 9.65. The van der Waals surface area contributed by atoms with Crippen LogP contribution in [-0.4, -0.2) is 16.0 Å². The fourth-order valence-electron chi connectivity index (χ4n) is 1.79. The average molecular weight is 183 g/mol. The van der Waals surface area contributed by atoms with E-state index in [4.69, 9.17) is 5.21 Å². The third kappa shape index (κ3) is 1.85. The molecule has 1 atom stereocenters. The van der Waals surface area contributed by atoms with E-state index in [0.29, 0.717) is 11.6 Å². The molecule has 0 fully saturated rings. The van der Waals surface area contributed by atoms with Crippen LogP contribution in [0.3, 0.4) is 0 Å². The zero-order valence-electron chi connectivity index (χ0n) is 8.41. The fraction of sp³-hybridized carbons (Fsp3) is 0.700. The highest BCUT2D eigenvalue weighted by molar-refractivity contribution is 6.00. The van der Waals surface area contributed by atoms with Gasteiger partial charge in [0, 0.05) is 5.92 Å². The van der Waals surface area contributed by atoms with Gasteiger partial charge in [-0.2, -0.15) is 0 Å². The SMILES string of the molecule is CC1=C(O)/C(=N/O)C(C(C)C)CC1. The summed E-state index contributed by atoms with van der Waals surface area (Å²) in [7, 11) is 0. The van der Waals surface area contributed by atoms with Gasteiger partial charge in [0.1, 0.15) is 11.5 Å². The van der Waals surface area contributed by atoms with Gasteiger partial charge in [0.2, 0.25) is 0 Å². The van der Waals surface area contributed by atoms with E-state index in [2.05, 4.69) is 19.0 Å². The van der Waals surface area contributed by atoms with Crippen molar-refractivity contribution in [1.29, 1.82) is 0 Å². The largest absolute Gasteiger partial charge is 0.506 e. The highest BCUT2D eigenvalue weighted by Gasteiger charge is 2.28. The molecule has 0 saturated heterocycles. The van der Waals surface area contributed by atoms with Gasteiger partial charge in [-0.15, -0.1) is 0 Å². The van der Waals surface area contributed by atoms with E-state index in [0.717, 1.165) is 18.4 Å². The first kappa shape index (κ1) is 10.1. The Morgan fingerprint density at radius 2 is 2.08 bits per heavy atom. The van der Waals surface area contributed by atoms with E-state index in [1.807, 2.05) is 6.92 Å². The van der Waals surface area contributed by atoms with Crippen LogP contribution in [0.5, 0.6) is 0 Å². The number of nitrogens with zero attached hydrogens (tertiary/aromatic N) is 1. The molecule has 0 aromatic heterocycles. The molecule has 1 rings (SSSR count). The predicted molar refractivity (Wildman–Crippen MR) is 52.1 cm³/mol. The lowest BCUT2D eigenvalue weighted by atomic mass is 9.80. The van der Waals surface area contributed by atoms with Crippen LogP contribution in [-0.2, 0) is 0 Å². The molecule has 1 unspecified atom stereocenters. The van der Waals surface area contributed by atoms with E-state index >= 15 is 0 Å². The van der Waals surface area contributed by atoms with Gasteiger partial charge in [-0.3, -0.25) is 0 Å². The number of aliphatic hydroxyl groups is 1. The highest BCUT2D eigenvalue weighted by atomic mass is 16.4. The molecule has 2 N–H and O–H groups in total. The van der Waals surface area contributed by atoms with Gasteiger partial charge in [0.15, 0.2) is 0 Å². The Balaban J connectivity index is 2.97. The first-order valence-corrected chi connectivity index (χ1v) is 4.69. The fourth-order valence-corrected chi connectivity index (χ4v) is 1.79. The minimum Gasteiger partial charge on any atom is -0.506 e. The van der Waals surface area contributed by atoms with Crippen LogP contribution in [0, 0.1) is 11.8 Å². The Morgan fingerprint density at radius 1 is 1.46 bits per heavy atom. The van der Waals surface area contributed by atoms with Gasteiger partial charge >= 0.3 is 0 Å². The standard InChI is InChI=1S/C10H17NO2/c1-6(2)8-5-4-7(3)10(12)9(8)11-13/h6,8,12-13H,4-5H2,1-3H3/b11-9+. The predicted octanol–water partition coefficient (Wildman–Crippen LogP) is 2.71. The Labute approximate surface area is 78.8 Å². The molecule has 0 amide bonds. The molecule has 1 aliphatic rings. The zero-order valence-corrected chi connectivity index (χ0v) is 8.41. The van der Waals surface area contributed by atoms with Crippen LogP contribution in [0.25, 0.3) is 0 Å². The van der Waals surface area contributed by atoms with Crippen LogP contribution in [0.2, 0.25) is 0 Å². The minimum atomic E-state index is 0.187. The van der Waals surface area contributed by atoms with Crippen LogP contribution in [0.4, 0.5) is 0 Å². The number of allylic oxidation sites excluding steroid dienone is 2. The van der Waals surface area contributed by atoms with Gasteiger partial charge in [-0.25, -0.2) is 0 Å². The lowest BCUT2D eigenvalue weighted by Gasteiger charge is -2.26. The quantitative estimate of drug-likeness (QED) is 0.485. The summed E-state index contributed by atoms with van der Waals surface area (Å²) in [5.41, 5.74) is 1.38. The van der Waals surface area contributed by atoms with Gasteiger partial charge in [0.25, 0.3) is 0 Å². The monoisotopic (exact) mass is 183 g/mol. The molecule has 3 heteroatoms. The topological polar surface area (TPSA) is 52.8 Å². The number of hydrogen-bond acceptors (Lipinski definition) is 3. The first-order chi connectivity index (χ1) is 6.07. The van der Waals surface area contributed by atoms with Gasteiger partial charge in [-0.05, 0) is 31.3 Å². The molecule has 3 nitrogen and oxygen atoms in total. The van der Waals surface area contributed by atoms with Crippen molar-refractivity contribution < 1.29 is 10.3 Å². The molecule has 0 bridgehead atoms. The maximum Gasteiger partial charge on any atom is 0.139 e. The number of hydrogen-bond donors (Lipinski definition) is 2. The Morgan fingerprint density at radius 3 is 2.54 bits per heavy atom. The maximum absolute atomic E-state index is 9.65. The second kappa shape index (κ2) is 3.81. The van der Waals surface area contributed by atoms with Crippen molar-refractivity contribution in [3.05, 3.63) is 11.3 Å². The van der Waals surface area contributed by atoms with Crippen molar-refractivity contribution in [2.45, 2.75) is 33.6 Å². The Bertz CT molecular complexity index is 254. The molecular formula is C10H17NO2. The molecule has 0 saturated carbocycles. The highest BCUT2D eigenvalue weighted by Crippen LogP contribution is 2.30. The Hall–Kier alpha value is -0.990. The molecule has 0 spiro atoms. The van der Waals surface area contributed by atoms with Crippen molar-refractivity contribution >= 4 is 5.71 Å². The van der Waals surface area contributed by atoms with Crippen molar-refractivity contribution in [1.82, 2.24) is 0 Å². The van der Waals surface area contributed by atoms with Crippen LogP contribution in [0.15, 0.2) is 16.5 Å². The number of rotatable bonds is 1. The van der Waals surface area contributed by atoms with Crippen LogP contribution in [0.1, 0.15) is 33.6 Å². The molecule has 0 aromatic carbocycles. The third-order valence-electron chi connectivity index (χ3n) is 2.74. The summed E-state index contributed by atoms with van der Waals surface area (Å²) >= 11 is 0. The summed E-state index contributed by atoms with van der Waals surface area (Å²) in [6.45, 7) is 6.02. The van der Waals surface area contributed by atoms with E-state index in [-0.39, 0.29) is 11.7 Å². The van der Waals surface area contributed by atoms with Gasteiger partial charge in [-0.1, -0.05) is 19.0 Å². The second-order valence-electron chi connectivity index (χ2n) is 4.00. The van der Waals surface area contributed by atoms with E-state index in [9.17, 15) is 5.11 Å². The minimum absolute atomic E-state index is 0.187. The summed E-state index contributed by atoms with van der Waals surface area (Å²) in [4.78, 5) is 0. The van der Waals surface area contributed by atoms with Crippen LogP contribution >= 0.6 is 0 Å². The lowest BCUT2D eigenvalue weighted by molar-refractivity contribution is 0.298. The smallest absolute Gasteiger partial charge is 0.139 e. The summed E-state index contributed by atoms with van der Waals surface area (Å²) in [5, 5.41) is 21.6. The number of aliphatic hydroxyl groups excluding tert-OH is 1. The van der Waals surface area contributed by atoms with Crippen molar-refractivity contribution in [3.63, 3.8) is 0 Å².